The molecule has 1 aromatic heterocycles. The Kier molecular flexibility index (Phi) is 7.60. The highest BCUT2D eigenvalue weighted by atomic mass is 16.1. The van der Waals surface area contributed by atoms with Crippen molar-refractivity contribution in [2.75, 3.05) is 13.6 Å². The molecule has 2 aromatic carbocycles. The molecule has 0 fully saturated rings. The first-order chi connectivity index (χ1) is 14.7. The maximum atomic E-state index is 11.7. The first-order valence-corrected chi connectivity index (χ1v) is 10.1. The van der Waals surface area contributed by atoms with Gasteiger partial charge in [-0.15, -0.1) is 0 Å². The van der Waals surface area contributed by atoms with Crippen LogP contribution in [0.3, 0.4) is 0 Å². The molecule has 0 aliphatic carbocycles. The number of aliphatic imine (C=N–C) groups is 1. The van der Waals surface area contributed by atoms with Gasteiger partial charge in [-0.05, 0) is 41.8 Å². The van der Waals surface area contributed by atoms with Gasteiger partial charge in [0.25, 0.3) is 5.91 Å². The van der Waals surface area contributed by atoms with Gasteiger partial charge in [-0.1, -0.05) is 36.4 Å². The van der Waals surface area contributed by atoms with E-state index in [-0.39, 0.29) is 5.91 Å². The van der Waals surface area contributed by atoms with Crippen LogP contribution in [0.4, 0.5) is 0 Å². The van der Waals surface area contributed by atoms with Gasteiger partial charge < -0.3 is 16.0 Å². The van der Waals surface area contributed by atoms with E-state index >= 15 is 0 Å². The maximum absolute atomic E-state index is 11.7. The molecule has 3 rings (SSSR count). The Hall–Kier alpha value is -3.61. The predicted molar refractivity (Wildman–Crippen MR) is 119 cm³/mol. The summed E-state index contributed by atoms with van der Waals surface area (Å²) in [5.74, 6) is 0.663. The average Bonchev–Trinajstić information content (AvgIpc) is 3.29. The summed E-state index contributed by atoms with van der Waals surface area (Å²) in [4.78, 5) is 16.3. The lowest BCUT2D eigenvalue weighted by Crippen LogP contribution is -2.37. The topological polar surface area (TPSA) is 83.3 Å². The van der Waals surface area contributed by atoms with Crippen LogP contribution in [-0.2, 0) is 19.6 Å². The smallest absolute Gasteiger partial charge is 0.251 e. The van der Waals surface area contributed by atoms with Crippen molar-refractivity contribution in [3.63, 3.8) is 0 Å². The summed E-state index contributed by atoms with van der Waals surface area (Å²) in [6, 6.07) is 17.7. The van der Waals surface area contributed by atoms with Crippen LogP contribution in [-0.4, -0.2) is 35.2 Å². The third kappa shape index (κ3) is 5.94. The van der Waals surface area contributed by atoms with E-state index in [1.54, 1.807) is 13.2 Å². The highest BCUT2D eigenvalue weighted by molar-refractivity contribution is 5.93. The highest BCUT2D eigenvalue weighted by Crippen LogP contribution is 2.10. The fourth-order valence-electron chi connectivity index (χ4n) is 3.05. The molecule has 1 heterocycles. The minimum absolute atomic E-state index is 0.0890. The zero-order valence-electron chi connectivity index (χ0n) is 17.4. The second-order valence-electron chi connectivity index (χ2n) is 6.80. The highest BCUT2D eigenvalue weighted by Gasteiger charge is 2.06. The molecule has 0 saturated heterocycles. The molecule has 156 valence electrons. The lowest BCUT2D eigenvalue weighted by molar-refractivity contribution is 0.0963. The first kappa shape index (κ1) is 21.1. The van der Waals surface area contributed by atoms with Gasteiger partial charge in [-0.3, -0.25) is 9.48 Å². The first-order valence-electron chi connectivity index (χ1n) is 10.1. The summed E-state index contributed by atoms with van der Waals surface area (Å²) in [5, 5.41) is 13.6. The zero-order chi connectivity index (χ0) is 21.2. The van der Waals surface area contributed by atoms with Crippen molar-refractivity contribution >= 4 is 11.9 Å². The second-order valence-corrected chi connectivity index (χ2v) is 6.80. The van der Waals surface area contributed by atoms with Gasteiger partial charge in [-0.25, -0.2) is 4.99 Å². The second kappa shape index (κ2) is 10.8. The van der Waals surface area contributed by atoms with E-state index in [1.807, 2.05) is 60.3 Å². The number of nitrogens with zero attached hydrogens (tertiary/aromatic N) is 3. The molecule has 0 bridgehead atoms. The summed E-state index contributed by atoms with van der Waals surface area (Å²) in [5.41, 5.74) is 4.10. The van der Waals surface area contributed by atoms with Crippen molar-refractivity contribution in [3.05, 3.63) is 89.2 Å². The lowest BCUT2D eigenvalue weighted by atomic mass is 10.1. The van der Waals surface area contributed by atoms with Gasteiger partial charge in [0, 0.05) is 38.1 Å². The maximum Gasteiger partial charge on any atom is 0.251 e. The monoisotopic (exact) mass is 404 g/mol. The van der Waals surface area contributed by atoms with Crippen molar-refractivity contribution in [1.29, 1.82) is 0 Å². The average molecular weight is 405 g/mol. The molecule has 0 aliphatic rings. The van der Waals surface area contributed by atoms with Crippen LogP contribution in [0.5, 0.6) is 0 Å². The zero-order valence-corrected chi connectivity index (χ0v) is 17.4. The van der Waals surface area contributed by atoms with E-state index in [0.717, 1.165) is 24.6 Å². The largest absolute Gasteiger partial charge is 0.357 e. The molecule has 0 radical (unpaired) electrons. The molecule has 3 aromatic rings. The molecule has 0 atom stereocenters. The molecule has 3 N–H and O–H groups in total. The number of hydrogen-bond donors (Lipinski definition) is 3. The standard InChI is InChI=1S/C23H28N6O/c1-3-25-23(26-15-18-9-11-19(12-10-18)22(30)24-2)27-16-20-7-4-5-8-21(20)17-29-14-6-13-28-29/h4-14H,3,15-17H2,1-2H3,(H,24,30)(H2,25,26,27). The van der Waals surface area contributed by atoms with Gasteiger partial charge >= 0.3 is 0 Å². The van der Waals surface area contributed by atoms with E-state index in [4.69, 9.17) is 0 Å². The molecule has 0 aliphatic heterocycles. The number of hydrogen-bond acceptors (Lipinski definition) is 3. The third-order valence-corrected chi connectivity index (χ3v) is 4.66. The van der Waals surface area contributed by atoms with Crippen LogP contribution in [0, 0.1) is 0 Å². The van der Waals surface area contributed by atoms with Crippen LogP contribution in [0.1, 0.15) is 34.0 Å². The molecule has 1 amide bonds. The summed E-state index contributed by atoms with van der Waals surface area (Å²) >= 11 is 0. The van der Waals surface area contributed by atoms with E-state index in [9.17, 15) is 4.79 Å². The molecule has 7 heteroatoms. The number of nitrogens with one attached hydrogen (secondary N) is 3. The van der Waals surface area contributed by atoms with Gasteiger partial charge in [0.15, 0.2) is 5.96 Å². The molecular weight excluding hydrogens is 376 g/mol. The van der Waals surface area contributed by atoms with Crippen LogP contribution in [0.2, 0.25) is 0 Å². The Morgan fingerprint density at radius 1 is 1.03 bits per heavy atom. The van der Waals surface area contributed by atoms with Crippen molar-refractivity contribution < 1.29 is 4.79 Å². The normalized spacial score (nSPS) is 11.2. The number of amides is 1. The molecular formula is C23H28N6O. The van der Waals surface area contributed by atoms with Gasteiger partial charge in [0.1, 0.15) is 0 Å². The number of carbonyl (C=O) groups excluding carboxylic acids is 1. The van der Waals surface area contributed by atoms with E-state index in [2.05, 4.69) is 38.2 Å². The Balaban J connectivity index is 1.64. The van der Waals surface area contributed by atoms with Gasteiger partial charge in [-0.2, -0.15) is 5.10 Å². The molecule has 0 unspecified atom stereocenters. The predicted octanol–water partition coefficient (Wildman–Crippen LogP) is 2.55. The van der Waals surface area contributed by atoms with Crippen molar-refractivity contribution in [1.82, 2.24) is 25.7 Å². The minimum atomic E-state index is -0.0890. The van der Waals surface area contributed by atoms with Crippen LogP contribution in [0.15, 0.2) is 72.0 Å². The molecule has 30 heavy (non-hydrogen) atoms. The quantitative estimate of drug-likeness (QED) is 0.398. The van der Waals surface area contributed by atoms with E-state index in [1.165, 1.54) is 11.1 Å². The fraction of sp³-hybridized carbons (Fsp3) is 0.261. The summed E-state index contributed by atoms with van der Waals surface area (Å²) in [6.45, 7) is 4.74. The molecule has 7 nitrogen and oxygen atoms in total. The fourth-order valence-corrected chi connectivity index (χ4v) is 3.05. The Morgan fingerprint density at radius 2 is 1.80 bits per heavy atom. The van der Waals surface area contributed by atoms with E-state index in [0.29, 0.717) is 18.7 Å². The Bertz CT molecular complexity index is 964. The summed E-state index contributed by atoms with van der Waals surface area (Å²) in [7, 11) is 1.63. The van der Waals surface area contributed by atoms with Gasteiger partial charge in [0.2, 0.25) is 0 Å². The summed E-state index contributed by atoms with van der Waals surface area (Å²) < 4.78 is 1.92. The third-order valence-electron chi connectivity index (χ3n) is 4.66. The summed E-state index contributed by atoms with van der Waals surface area (Å²) in [6.07, 6.45) is 3.75. The minimum Gasteiger partial charge on any atom is -0.357 e. The number of carbonyl (C=O) groups is 1. The SMILES string of the molecule is CCNC(=NCc1ccc(C(=O)NC)cc1)NCc1ccccc1Cn1cccn1. The number of benzene rings is 2. The molecule has 0 saturated carbocycles. The van der Waals surface area contributed by atoms with Crippen molar-refractivity contribution in [2.45, 2.75) is 26.6 Å². The Morgan fingerprint density at radius 3 is 2.47 bits per heavy atom. The lowest BCUT2D eigenvalue weighted by Gasteiger charge is -2.14. The van der Waals surface area contributed by atoms with Crippen molar-refractivity contribution in [2.24, 2.45) is 4.99 Å². The van der Waals surface area contributed by atoms with Crippen LogP contribution < -0.4 is 16.0 Å². The van der Waals surface area contributed by atoms with Crippen LogP contribution in [0.25, 0.3) is 0 Å². The number of rotatable bonds is 8. The van der Waals surface area contributed by atoms with Crippen LogP contribution >= 0.6 is 0 Å². The van der Waals surface area contributed by atoms with Gasteiger partial charge in [0.05, 0.1) is 13.1 Å². The number of guanidine groups is 1. The molecule has 0 spiro atoms. The number of aromatic nitrogens is 2. The van der Waals surface area contributed by atoms with E-state index < -0.39 is 0 Å². The Labute approximate surface area is 177 Å². The van der Waals surface area contributed by atoms with Crippen molar-refractivity contribution in [3.8, 4) is 0 Å².